The molecule has 0 bridgehead atoms. The minimum Gasteiger partial charge on any atom is -0.0619 e. The van der Waals surface area contributed by atoms with Crippen molar-refractivity contribution in [1.29, 1.82) is 0 Å². The highest BCUT2D eigenvalue weighted by molar-refractivity contribution is 6.21. The van der Waals surface area contributed by atoms with Crippen LogP contribution in [0.15, 0.2) is 182 Å². The average molecular weight is 739 g/mol. The van der Waals surface area contributed by atoms with Crippen molar-refractivity contribution < 1.29 is 0 Å². The van der Waals surface area contributed by atoms with Gasteiger partial charge in [-0.25, -0.2) is 0 Å². The molecule has 0 unspecified atom stereocenters. The third kappa shape index (κ3) is 4.58. The Morgan fingerprint density at radius 1 is 0.259 bits per heavy atom. The Kier molecular flexibility index (Phi) is 6.84. The maximum Gasteiger partial charge on any atom is 0.0159 e. The van der Waals surface area contributed by atoms with Crippen LogP contribution in [0.4, 0.5) is 0 Å². The van der Waals surface area contributed by atoms with Crippen LogP contribution in [0.1, 0.15) is 49.9 Å². The summed E-state index contributed by atoms with van der Waals surface area (Å²) in [6.45, 7) is 9.61. The lowest BCUT2D eigenvalue weighted by Crippen LogP contribution is -2.17. The van der Waals surface area contributed by atoms with Gasteiger partial charge in [0.05, 0.1) is 0 Å². The molecule has 2 aliphatic rings. The first-order valence-electron chi connectivity index (χ1n) is 20.7. The van der Waals surface area contributed by atoms with E-state index in [9.17, 15) is 0 Å². The van der Waals surface area contributed by atoms with Crippen molar-refractivity contribution in [3.63, 3.8) is 0 Å². The third-order valence-corrected chi connectivity index (χ3v) is 13.8. The molecular formula is C58H42. The molecule has 10 aromatic carbocycles. The summed E-state index contributed by atoms with van der Waals surface area (Å²) in [5.41, 5.74) is 18.6. The SMILES string of the molecule is CC1(C)c2ccccc2-c2cc3c(cc21)-c1ccc(-c2c4ccccc4c(-c4cccc(-c5ccc6ccc7ccccc7c6c5)c4)c4ccccc24)cc1C3(C)C. The molecule has 0 aliphatic heterocycles. The van der Waals surface area contributed by atoms with E-state index in [-0.39, 0.29) is 10.8 Å². The van der Waals surface area contributed by atoms with Gasteiger partial charge >= 0.3 is 0 Å². The number of hydrogen-bond acceptors (Lipinski definition) is 0. The molecule has 0 heterocycles. The van der Waals surface area contributed by atoms with Gasteiger partial charge < -0.3 is 0 Å². The van der Waals surface area contributed by atoms with Gasteiger partial charge in [-0.3, -0.25) is 0 Å². The highest BCUT2D eigenvalue weighted by atomic mass is 14.4. The molecular weight excluding hydrogens is 697 g/mol. The van der Waals surface area contributed by atoms with Gasteiger partial charge in [0.2, 0.25) is 0 Å². The molecule has 274 valence electrons. The van der Waals surface area contributed by atoms with E-state index in [1.165, 1.54) is 121 Å². The molecule has 12 rings (SSSR count). The van der Waals surface area contributed by atoms with Crippen molar-refractivity contribution in [2.75, 3.05) is 0 Å². The van der Waals surface area contributed by atoms with Crippen LogP contribution >= 0.6 is 0 Å². The predicted octanol–water partition coefficient (Wildman–Crippen LogP) is 15.9. The number of rotatable bonds is 3. The number of hydrogen-bond donors (Lipinski definition) is 0. The van der Waals surface area contributed by atoms with Gasteiger partial charge in [0.25, 0.3) is 0 Å². The van der Waals surface area contributed by atoms with Gasteiger partial charge in [0.15, 0.2) is 0 Å². The first kappa shape index (κ1) is 33.4. The van der Waals surface area contributed by atoms with Crippen molar-refractivity contribution in [3.8, 4) is 55.6 Å². The Bertz CT molecular complexity index is 3330. The fourth-order valence-electron chi connectivity index (χ4n) is 10.9. The largest absolute Gasteiger partial charge is 0.0619 e. The molecule has 0 spiro atoms. The van der Waals surface area contributed by atoms with Crippen LogP contribution in [-0.2, 0) is 10.8 Å². The Morgan fingerprint density at radius 2 is 0.707 bits per heavy atom. The highest BCUT2D eigenvalue weighted by Crippen LogP contribution is 2.57. The van der Waals surface area contributed by atoms with Gasteiger partial charge in [-0.2, -0.15) is 0 Å². The average Bonchev–Trinajstić information content (AvgIpc) is 3.63. The Labute approximate surface area is 340 Å². The lowest BCUT2D eigenvalue weighted by Gasteiger charge is -2.24. The van der Waals surface area contributed by atoms with Crippen LogP contribution in [0, 0.1) is 0 Å². The van der Waals surface area contributed by atoms with Crippen molar-refractivity contribution >= 4 is 43.1 Å². The molecule has 0 heteroatoms. The summed E-state index contributed by atoms with van der Waals surface area (Å²) in [5, 5.41) is 10.2. The lowest BCUT2D eigenvalue weighted by atomic mass is 9.78. The highest BCUT2D eigenvalue weighted by Gasteiger charge is 2.41. The molecule has 0 fully saturated rings. The summed E-state index contributed by atoms with van der Waals surface area (Å²) in [6.07, 6.45) is 0. The maximum atomic E-state index is 2.52. The molecule has 0 radical (unpaired) electrons. The van der Waals surface area contributed by atoms with E-state index in [2.05, 4.69) is 210 Å². The van der Waals surface area contributed by atoms with Crippen LogP contribution in [0.3, 0.4) is 0 Å². The van der Waals surface area contributed by atoms with Gasteiger partial charge in [-0.1, -0.05) is 179 Å². The molecule has 2 aliphatic carbocycles. The van der Waals surface area contributed by atoms with E-state index in [1.807, 2.05) is 0 Å². The first-order chi connectivity index (χ1) is 28.3. The molecule has 0 amide bonds. The van der Waals surface area contributed by atoms with Crippen LogP contribution in [-0.4, -0.2) is 0 Å². The first-order valence-corrected chi connectivity index (χ1v) is 20.7. The molecule has 58 heavy (non-hydrogen) atoms. The van der Waals surface area contributed by atoms with E-state index < -0.39 is 0 Å². The normalized spacial score (nSPS) is 14.5. The summed E-state index contributed by atoms with van der Waals surface area (Å²) in [6, 6.07) is 68.7. The standard InChI is InChI=1S/C58H42/c1-57(2)51-23-12-11-18-42(51)49-33-54-50(34-53(49)57)43-29-28-40(32-52(43)58(54,3)4)56-46-21-9-7-19-44(46)55(45-20-8-10-22-47(45)56)39-16-13-15-37(30-39)38-27-26-36-25-24-35-14-5-6-17-41(35)48(36)31-38/h5-34H,1-4H3. The monoisotopic (exact) mass is 738 g/mol. The molecule has 0 N–H and O–H groups in total. The Hall–Kier alpha value is -6.76. The summed E-state index contributed by atoms with van der Waals surface area (Å²) < 4.78 is 0. The topological polar surface area (TPSA) is 0 Å². The quantitative estimate of drug-likeness (QED) is 0.125. The minimum absolute atomic E-state index is 0.0305. The lowest BCUT2D eigenvalue weighted by molar-refractivity contribution is 0.652. The summed E-state index contributed by atoms with van der Waals surface area (Å²) >= 11 is 0. The second kappa shape index (κ2) is 11.9. The van der Waals surface area contributed by atoms with E-state index in [0.717, 1.165) is 0 Å². The van der Waals surface area contributed by atoms with Crippen LogP contribution in [0.2, 0.25) is 0 Å². The third-order valence-electron chi connectivity index (χ3n) is 13.8. The number of fused-ring (bicyclic) bond motifs is 11. The van der Waals surface area contributed by atoms with E-state index in [0.29, 0.717) is 0 Å². The zero-order valence-electron chi connectivity index (χ0n) is 33.3. The van der Waals surface area contributed by atoms with Crippen molar-refractivity contribution in [2.45, 2.75) is 38.5 Å². The predicted molar refractivity (Wildman–Crippen MR) is 248 cm³/mol. The smallest absolute Gasteiger partial charge is 0.0159 e. The van der Waals surface area contributed by atoms with Gasteiger partial charge in [-0.05, 0) is 151 Å². The fraction of sp³-hybridized carbons (Fsp3) is 0.103. The van der Waals surface area contributed by atoms with Crippen molar-refractivity contribution in [2.24, 2.45) is 0 Å². The maximum absolute atomic E-state index is 2.52. The van der Waals surface area contributed by atoms with Crippen molar-refractivity contribution in [1.82, 2.24) is 0 Å². The minimum atomic E-state index is -0.140. The molecule has 0 saturated heterocycles. The van der Waals surface area contributed by atoms with Crippen LogP contribution in [0.5, 0.6) is 0 Å². The second-order valence-corrected chi connectivity index (χ2v) is 17.6. The molecule has 0 saturated carbocycles. The van der Waals surface area contributed by atoms with Gasteiger partial charge in [0, 0.05) is 10.8 Å². The molecule has 10 aromatic rings. The van der Waals surface area contributed by atoms with Crippen LogP contribution < -0.4 is 0 Å². The summed E-state index contributed by atoms with van der Waals surface area (Å²) in [5.74, 6) is 0. The van der Waals surface area contributed by atoms with E-state index in [1.54, 1.807) is 0 Å². The molecule has 0 atom stereocenters. The molecule has 0 aromatic heterocycles. The van der Waals surface area contributed by atoms with E-state index >= 15 is 0 Å². The fourth-order valence-corrected chi connectivity index (χ4v) is 10.9. The van der Waals surface area contributed by atoms with Gasteiger partial charge in [-0.15, -0.1) is 0 Å². The summed E-state index contributed by atoms with van der Waals surface area (Å²) in [4.78, 5) is 0. The zero-order chi connectivity index (χ0) is 38.9. The Morgan fingerprint density at radius 3 is 1.38 bits per heavy atom. The zero-order valence-corrected chi connectivity index (χ0v) is 33.3. The summed E-state index contributed by atoms with van der Waals surface area (Å²) in [7, 11) is 0. The van der Waals surface area contributed by atoms with Crippen LogP contribution in [0.25, 0.3) is 98.7 Å². The van der Waals surface area contributed by atoms with Gasteiger partial charge in [0.1, 0.15) is 0 Å². The van der Waals surface area contributed by atoms with Crippen molar-refractivity contribution in [3.05, 3.63) is 204 Å². The second-order valence-electron chi connectivity index (χ2n) is 17.6. The molecule has 0 nitrogen and oxygen atoms in total. The van der Waals surface area contributed by atoms with E-state index in [4.69, 9.17) is 0 Å². The number of benzene rings is 10. The Balaban J connectivity index is 1.02.